The van der Waals surface area contributed by atoms with Crippen molar-refractivity contribution in [1.82, 2.24) is 0 Å². The van der Waals surface area contributed by atoms with Crippen molar-refractivity contribution in [3.05, 3.63) is 23.3 Å². The Labute approximate surface area is 557 Å². The summed E-state index contributed by atoms with van der Waals surface area (Å²) >= 11 is 0. The molecule has 16 rings (SSSR count). The molecule has 0 amide bonds. The van der Waals surface area contributed by atoms with Crippen molar-refractivity contribution >= 4 is 34.7 Å². The molecule has 512 valence electrons. The van der Waals surface area contributed by atoms with Crippen LogP contribution in [0.3, 0.4) is 0 Å². The molecule has 14 saturated carbocycles. The Bertz CT molecular complexity index is 2860. The quantitative estimate of drug-likeness (QED) is 0.265. The normalized spacial score (nSPS) is 52.3. The number of aliphatic hydroxyl groups is 2. The van der Waals surface area contributed by atoms with Crippen LogP contribution in [0.5, 0.6) is 0 Å². The van der Waals surface area contributed by atoms with Crippen LogP contribution < -0.4 is 0 Å². The molecule has 16 aliphatic carbocycles. The highest BCUT2D eigenvalue weighted by Gasteiger charge is 2.65. The van der Waals surface area contributed by atoms with Crippen LogP contribution in [0.15, 0.2) is 23.3 Å². The van der Waals surface area contributed by atoms with E-state index in [1.165, 1.54) is 122 Å². The van der Waals surface area contributed by atoms with Crippen LogP contribution in [0.2, 0.25) is 0 Å². The minimum Gasteiger partial charge on any atom is -0.393 e. The molecule has 14 fully saturated rings. The van der Waals surface area contributed by atoms with E-state index >= 15 is 0 Å². The van der Waals surface area contributed by atoms with Gasteiger partial charge in [-0.2, -0.15) is 0 Å². The van der Waals surface area contributed by atoms with Gasteiger partial charge in [0, 0.05) is 49.4 Å². The van der Waals surface area contributed by atoms with Crippen molar-refractivity contribution in [3.63, 3.8) is 0 Å². The number of allylic oxidation sites excluding steroid dienone is 2. The van der Waals surface area contributed by atoms with Crippen LogP contribution >= 0.6 is 0 Å². The molecule has 8 nitrogen and oxygen atoms in total. The van der Waals surface area contributed by atoms with Crippen LogP contribution in [0.1, 0.15) is 301 Å². The highest BCUT2D eigenvalue weighted by Crippen LogP contribution is 2.72. The first-order valence-corrected chi connectivity index (χ1v) is 39.3. The summed E-state index contributed by atoms with van der Waals surface area (Å²) < 4.78 is 0. The molecule has 28 atom stereocenters. The molecule has 0 aromatic carbocycles. The second kappa shape index (κ2) is 24.7. The number of ketones is 6. The average Bonchev–Trinajstić information content (AvgIpc) is 1.37. The zero-order valence-electron chi connectivity index (χ0n) is 60.1. The number of carbonyl (C=O) groups excluding carboxylic acids is 6. The zero-order valence-corrected chi connectivity index (χ0v) is 60.1. The van der Waals surface area contributed by atoms with Gasteiger partial charge in [-0.05, 0) is 346 Å². The topological polar surface area (TPSA) is 143 Å². The van der Waals surface area contributed by atoms with Crippen LogP contribution in [0.4, 0.5) is 0 Å². The number of hydrogen-bond donors (Lipinski definition) is 2. The van der Waals surface area contributed by atoms with Crippen LogP contribution in [0, 0.1) is 150 Å². The van der Waals surface area contributed by atoms with E-state index in [1.807, 2.05) is 27.7 Å². The maximum Gasteiger partial charge on any atom is 0.133 e. The molecule has 0 bridgehead atoms. The maximum atomic E-state index is 12.2. The lowest BCUT2D eigenvalue weighted by Crippen LogP contribution is -2.53. The minimum atomic E-state index is -0.211. The number of hydrogen-bond acceptors (Lipinski definition) is 8. The van der Waals surface area contributed by atoms with Gasteiger partial charge in [-0.15, -0.1) is 0 Å². The molecular formula is C84H128O8. The van der Waals surface area contributed by atoms with Gasteiger partial charge in [0.2, 0.25) is 0 Å². The third-order valence-electron chi connectivity index (χ3n) is 35.1. The lowest BCUT2D eigenvalue weighted by molar-refractivity contribution is -0.143. The van der Waals surface area contributed by atoms with Gasteiger partial charge in [-0.3, -0.25) is 28.8 Å². The van der Waals surface area contributed by atoms with E-state index in [4.69, 9.17) is 0 Å². The monoisotopic (exact) mass is 1260 g/mol. The molecule has 0 spiro atoms. The molecule has 0 aliphatic heterocycles. The standard InChI is InChI=1S/4C21H32O2/c4*1-13(22)17-6-7-18-16-5-4-14-12-15(23)8-10-20(14,2)19(16)9-11-21(17,18)3/h2*14,16-19H,4-12H2,1-3H3;12,15-19,23H,4-11H2,1-3H3;4,15-19,23H,5-12H2,1-3H3/t14-,16+,17-,18+,19+,20+,21-;14-,16-,17+,18-,19-,20-,21+;15-,16+,17-,18+,19+,20+,21-;15-,16-,17+,18-,19-,20-,21+/m1010/s1. The van der Waals surface area contributed by atoms with Crippen molar-refractivity contribution in [1.29, 1.82) is 0 Å². The second-order valence-corrected chi connectivity index (χ2v) is 38.2. The molecule has 92 heavy (non-hydrogen) atoms. The van der Waals surface area contributed by atoms with Gasteiger partial charge in [-0.25, -0.2) is 0 Å². The molecule has 0 radical (unpaired) electrons. The summed E-state index contributed by atoms with van der Waals surface area (Å²) in [6.07, 6.45) is 43.4. The zero-order chi connectivity index (χ0) is 65.6. The number of fused-ring (bicyclic) bond motifs is 20. The van der Waals surface area contributed by atoms with Gasteiger partial charge in [0.05, 0.1) is 12.2 Å². The Kier molecular flexibility index (Phi) is 18.2. The van der Waals surface area contributed by atoms with Crippen molar-refractivity contribution in [2.24, 2.45) is 150 Å². The lowest BCUT2D eigenvalue weighted by atomic mass is 9.44. The van der Waals surface area contributed by atoms with Crippen molar-refractivity contribution in [3.8, 4) is 0 Å². The van der Waals surface area contributed by atoms with E-state index in [0.29, 0.717) is 91.9 Å². The van der Waals surface area contributed by atoms with Gasteiger partial charge in [0.15, 0.2) is 0 Å². The second-order valence-electron chi connectivity index (χ2n) is 38.2. The van der Waals surface area contributed by atoms with E-state index in [0.717, 1.165) is 167 Å². The Hall–Kier alpha value is -2.58. The van der Waals surface area contributed by atoms with Gasteiger partial charge < -0.3 is 10.2 Å². The van der Waals surface area contributed by atoms with Gasteiger partial charge in [0.25, 0.3) is 0 Å². The third kappa shape index (κ3) is 10.8. The fourth-order valence-corrected chi connectivity index (χ4v) is 30.1. The molecular weight excluding hydrogens is 1140 g/mol. The Morgan fingerprint density at radius 2 is 0.707 bits per heavy atom. The minimum absolute atomic E-state index is 0.117. The first kappa shape index (κ1) is 68.0. The Morgan fingerprint density at radius 3 is 1.13 bits per heavy atom. The number of Topliss-reactive ketones (excluding diaryl/α,β-unsaturated/α-hetero) is 6. The molecule has 0 aromatic rings. The van der Waals surface area contributed by atoms with Crippen LogP contribution in [-0.2, 0) is 28.8 Å². The smallest absolute Gasteiger partial charge is 0.133 e. The molecule has 0 unspecified atom stereocenters. The van der Waals surface area contributed by atoms with Crippen LogP contribution in [0.25, 0.3) is 0 Å². The summed E-state index contributed by atoms with van der Waals surface area (Å²) in [6, 6.07) is 0. The first-order valence-electron chi connectivity index (χ1n) is 39.3. The van der Waals surface area contributed by atoms with E-state index < -0.39 is 0 Å². The predicted octanol–water partition coefficient (Wildman–Crippen LogP) is 18.6. The summed E-state index contributed by atoms with van der Waals surface area (Å²) in [7, 11) is 0. The van der Waals surface area contributed by atoms with Gasteiger partial charge in [-0.1, -0.05) is 78.7 Å². The fraction of sp³-hybridized carbons (Fsp3) is 0.881. The van der Waals surface area contributed by atoms with Crippen LogP contribution in [-0.4, -0.2) is 57.1 Å². The molecule has 2 N–H and O–H groups in total. The molecule has 0 heterocycles. The van der Waals surface area contributed by atoms with E-state index in [9.17, 15) is 39.0 Å². The number of carbonyl (C=O) groups is 6. The molecule has 8 heteroatoms. The van der Waals surface area contributed by atoms with E-state index in [1.54, 1.807) is 11.1 Å². The maximum absolute atomic E-state index is 12.2. The van der Waals surface area contributed by atoms with E-state index in [2.05, 4.69) is 67.5 Å². The third-order valence-corrected chi connectivity index (χ3v) is 35.1. The first-order chi connectivity index (χ1) is 43.4. The van der Waals surface area contributed by atoms with Gasteiger partial charge in [0.1, 0.15) is 34.7 Å². The summed E-state index contributed by atoms with van der Waals surface area (Å²) in [4.78, 5) is 72.5. The SMILES string of the molecule is CC(=O)[C@H]1CC[C@H]2[C@@H]3CC=C4C[C@@H](O)CC[C@]4(C)[C@H]3CC[C@]12C.CC(=O)[C@H]1CC[C@H]2[C@@H]3CCC4=C[C@H](O)CC[C@]4(C)[C@H]3CC[C@]12C.CC(=O)[C@H]1CC[C@H]2[C@@H]3CC[C@@H]4CC(=O)CC[C@]4(C)[C@H]3CC[C@]12C.CC(=O)[C@H]1CC[C@H]2[C@@H]3CC[C@H]4CC(=O)CC[C@]4(C)[C@H]3CC[C@]12C. The van der Waals surface area contributed by atoms with Crippen molar-refractivity contribution < 1.29 is 39.0 Å². The summed E-state index contributed by atoms with van der Waals surface area (Å²) in [5.74, 6) is 14.6. The highest BCUT2D eigenvalue weighted by molar-refractivity contribution is 5.82. The van der Waals surface area contributed by atoms with Gasteiger partial charge >= 0.3 is 0 Å². The predicted molar refractivity (Wildman–Crippen MR) is 366 cm³/mol. The molecule has 16 aliphatic rings. The summed E-state index contributed by atoms with van der Waals surface area (Å²) in [6.45, 7) is 26.9. The van der Waals surface area contributed by atoms with E-state index in [-0.39, 0.29) is 33.9 Å². The molecule has 0 aromatic heterocycles. The number of aliphatic hydroxyl groups excluding tert-OH is 2. The Morgan fingerprint density at radius 1 is 0.348 bits per heavy atom. The van der Waals surface area contributed by atoms with Crippen molar-refractivity contribution in [2.75, 3.05) is 0 Å². The fourth-order valence-electron chi connectivity index (χ4n) is 30.1. The Balaban J connectivity index is 0.000000112. The lowest BCUT2D eigenvalue weighted by Gasteiger charge is -2.60. The molecule has 0 saturated heterocycles. The van der Waals surface area contributed by atoms with Crippen molar-refractivity contribution in [2.45, 2.75) is 314 Å². The highest BCUT2D eigenvalue weighted by atomic mass is 16.3. The number of rotatable bonds is 4. The summed E-state index contributed by atoms with van der Waals surface area (Å²) in [5.41, 5.74) is 5.56. The largest absolute Gasteiger partial charge is 0.393 e. The summed E-state index contributed by atoms with van der Waals surface area (Å²) in [5, 5.41) is 20.1. The average molecular weight is 1270 g/mol.